The third-order valence-electron chi connectivity index (χ3n) is 3.51. The molecular formula is C14H18Cl2N4S. The summed E-state index contributed by atoms with van der Waals surface area (Å²) in [7, 11) is 0. The fourth-order valence-electron chi connectivity index (χ4n) is 2.46. The topological polar surface area (TPSA) is 53.6 Å². The maximum Gasteiger partial charge on any atom is 0.184 e. The Morgan fingerprint density at radius 1 is 1.43 bits per heavy atom. The molecule has 1 saturated heterocycles. The minimum absolute atomic E-state index is 0.169. The Hall–Kier alpha value is -0.880. The third-order valence-corrected chi connectivity index (χ3v) is 4.31. The first-order chi connectivity index (χ1) is 10.1. The van der Waals surface area contributed by atoms with Crippen LogP contribution in [0.4, 0.5) is 0 Å². The van der Waals surface area contributed by atoms with E-state index < -0.39 is 0 Å². The van der Waals surface area contributed by atoms with Crippen LogP contribution >= 0.6 is 35.4 Å². The Kier molecular flexibility index (Phi) is 6.23. The third kappa shape index (κ3) is 4.81. The molecule has 0 bridgehead atoms. The minimum Gasteiger partial charge on any atom is -0.375 e. The summed E-state index contributed by atoms with van der Waals surface area (Å²) >= 11 is 17.2. The van der Waals surface area contributed by atoms with E-state index in [0.29, 0.717) is 16.6 Å². The molecule has 1 aliphatic heterocycles. The van der Waals surface area contributed by atoms with Gasteiger partial charge in [-0.2, -0.15) is 5.10 Å². The summed E-state index contributed by atoms with van der Waals surface area (Å²) in [5.74, 6) is 0. The number of likely N-dealkylation sites (tertiary alicyclic amines) is 1. The lowest BCUT2D eigenvalue weighted by Gasteiger charge is -2.33. The number of hydrazone groups is 1. The fraction of sp³-hybridized carbons (Fsp3) is 0.429. The number of rotatable bonds is 4. The molecule has 3 N–H and O–H groups in total. The summed E-state index contributed by atoms with van der Waals surface area (Å²) in [5.41, 5.74) is 8.93. The van der Waals surface area contributed by atoms with Crippen molar-refractivity contribution in [1.82, 2.24) is 10.3 Å². The Labute approximate surface area is 140 Å². The first-order valence-corrected chi connectivity index (χ1v) is 8.00. The van der Waals surface area contributed by atoms with Gasteiger partial charge in [-0.3, -0.25) is 10.3 Å². The largest absolute Gasteiger partial charge is 0.375 e. The summed E-state index contributed by atoms with van der Waals surface area (Å²) < 4.78 is 0. The van der Waals surface area contributed by atoms with Crippen LogP contribution in [0.1, 0.15) is 24.8 Å². The van der Waals surface area contributed by atoms with Gasteiger partial charge in [0, 0.05) is 34.4 Å². The highest BCUT2D eigenvalue weighted by Gasteiger charge is 2.22. The highest BCUT2D eigenvalue weighted by Crippen LogP contribution is 2.28. The molecule has 2 rings (SSSR count). The summed E-state index contributed by atoms with van der Waals surface area (Å²) in [4.78, 5) is 2.32. The summed E-state index contributed by atoms with van der Waals surface area (Å²) in [6.07, 6.45) is 5.24. The van der Waals surface area contributed by atoms with Crippen molar-refractivity contribution in [3.63, 3.8) is 0 Å². The maximum atomic E-state index is 6.25. The van der Waals surface area contributed by atoms with Gasteiger partial charge in [0.05, 0.1) is 0 Å². The van der Waals surface area contributed by atoms with Crippen LogP contribution in [-0.4, -0.2) is 28.8 Å². The molecule has 1 atom stereocenters. The van der Waals surface area contributed by atoms with Gasteiger partial charge in [0.15, 0.2) is 5.11 Å². The molecule has 4 nitrogen and oxygen atoms in total. The Balaban J connectivity index is 2.08. The predicted molar refractivity (Wildman–Crippen MR) is 92.9 cm³/mol. The van der Waals surface area contributed by atoms with E-state index in [1.807, 2.05) is 24.4 Å². The second kappa shape index (κ2) is 7.94. The van der Waals surface area contributed by atoms with Gasteiger partial charge in [-0.05, 0) is 43.7 Å². The molecule has 114 valence electrons. The van der Waals surface area contributed by atoms with Crippen LogP contribution in [0.15, 0.2) is 23.3 Å². The van der Waals surface area contributed by atoms with Gasteiger partial charge in [-0.1, -0.05) is 35.7 Å². The summed E-state index contributed by atoms with van der Waals surface area (Å²) in [6, 6.07) is 5.82. The van der Waals surface area contributed by atoms with E-state index in [2.05, 4.69) is 15.4 Å². The molecule has 1 fully saturated rings. The second-order valence-electron chi connectivity index (χ2n) is 4.99. The average molecular weight is 345 g/mol. The van der Waals surface area contributed by atoms with Gasteiger partial charge in [-0.15, -0.1) is 0 Å². The molecule has 0 radical (unpaired) electrons. The number of nitrogens with one attached hydrogen (secondary N) is 1. The molecular weight excluding hydrogens is 327 g/mol. The summed E-state index contributed by atoms with van der Waals surface area (Å²) in [5, 5.41) is 5.65. The molecule has 0 spiro atoms. The summed E-state index contributed by atoms with van der Waals surface area (Å²) in [6.45, 7) is 1.70. The van der Waals surface area contributed by atoms with Crippen molar-refractivity contribution < 1.29 is 0 Å². The number of hydrogen-bond donors (Lipinski definition) is 2. The van der Waals surface area contributed by atoms with E-state index in [0.717, 1.165) is 24.9 Å². The van der Waals surface area contributed by atoms with Gasteiger partial charge in [0.25, 0.3) is 0 Å². The Morgan fingerprint density at radius 3 is 2.81 bits per heavy atom. The number of halogens is 2. The van der Waals surface area contributed by atoms with E-state index >= 15 is 0 Å². The fourth-order valence-corrected chi connectivity index (χ4v) is 3.02. The lowest BCUT2D eigenvalue weighted by atomic mass is 10.0. The first-order valence-electron chi connectivity index (χ1n) is 6.83. The highest BCUT2D eigenvalue weighted by molar-refractivity contribution is 7.80. The van der Waals surface area contributed by atoms with Crippen molar-refractivity contribution in [3.8, 4) is 0 Å². The van der Waals surface area contributed by atoms with Gasteiger partial charge < -0.3 is 5.73 Å². The molecule has 0 aliphatic carbocycles. The van der Waals surface area contributed by atoms with E-state index in [-0.39, 0.29) is 11.2 Å². The SMILES string of the molecule is NC(=S)N/N=C/C1CCCCN1Cc1c(Cl)cccc1Cl. The quantitative estimate of drug-likeness (QED) is 0.500. The van der Waals surface area contributed by atoms with Crippen molar-refractivity contribution in [2.45, 2.75) is 31.8 Å². The van der Waals surface area contributed by atoms with E-state index in [9.17, 15) is 0 Å². The second-order valence-corrected chi connectivity index (χ2v) is 6.24. The standard InChI is InChI=1S/C14H18Cl2N4S/c15-12-5-3-6-13(16)11(12)9-20-7-2-1-4-10(20)8-18-19-14(17)21/h3,5-6,8,10H,1-2,4,7,9H2,(H3,17,19,21)/b18-8+. The van der Waals surface area contributed by atoms with Crippen molar-refractivity contribution in [3.05, 3.63) is 33.8 Å². The van der Waals surface area contributed by atoms with Crippen LogP contribution in [-0.2, 0) is 6.54 Å². The number of hydrogen-bond acceptors (Lipinski definition) is 3. The van der Waals surface area contributed by atoms with Crippen LogP contribution in [0.3, 0.4) is 0 Å². The number of benzene rings is 1. The van der Waals surface area contributed by atoms with E-state index in [1.54, 1.807) is 0 Å². The number of nitrogens with zero attached hydrogens (tertiary/aromatic N) is 2. The highest BCUT2D eigenvalue weighted by atomic mass is 35.5. The Bertz CT molecular complexity index is 515. The molecule has 1 aliphatic rings. The van der Waals surface area contributed by atoms with Crippen LogP contribution in [0.2, 0.25) is 10.0 Å². The number of piperidine rings is 1. The lowest BCUT2D eigenvalue weighted by molar-refractivity contribution is 0.187. The first kappa shape index (κ1) is 16.5. The van der Waals surface area contributed by atoms with Crippen molar-refractivity contribution in [1.29, 1.82) is 0 Å². The Morgan fingerprint density at radius 2 is 2.14 bits per heavy atom. The maximum absolute atomic E-state index is 6.25. The molecule has 0 aromatic heterocycles. The van der Waals surface area contributed by atoms with Crippen molar-refractivity contribution >= 4 is 46.7 Å². The zero-order chi connectivity index (χ0) is 15.2. The van der Waals surface area contributed by atoms with Gasteiger partial charge >= 0.3 is 0 Å². The molecule has 1 heterocycles. The zero-order valence-corrected chi connectivity index (χ0v) is 13.9. The zero-order valence-electron chi connectivity index (χ0n) is 11.6. The van der Waals surface area contributed by atoms with Crippen LogP contribution in [0.5, 0.6) is 0 Å². The van der Waals surface area contributed by atoms with E-state index in [1.165, 1.54) is 6.42 Å². The van der Waals surface area contributed by atoms with Gasteiger partial charge in [-0.25, -0.2) is 0 Å². The van der Waals surface area contributed by atoms with Gasteiger partial charge in [0.2, 0.25) is 0 Å². The van der Waals surface area contributed by atoms with Crippen LogP contribution < -0.4 is 11.2 Å². The smallest absolute Gasteiger partial charge is 0.184 e. The molecule has 7 heteroatoms. The lowest BCUT2D eigenvalue weighted by Crippen LogP contribution is -2.40. The number of nitrogens with two attached hydrogens (primary N) is 1. The normalized spacial score (nSPS) is 19.8. The van der Waals surface area contributed by atoms with Crippen molar-refractivity contribution in [2.24, 2.45) is 10.8 Å². The predicted octanol–water partition coefficient (Wildman–Crippen LogP) is 3.17. The monoisotopic (exact) mass is 344 g/mol. The molecule has 21 heavy (non-hydrogen) atoms. The molecule has 0 saturated carbocycles. The number of thiocarbonyl (C=S) groups is 1. The molecule has 0 amide bonds. The van der Waals surface area contributed by atoms with Crippen LogP contribution in [0.25, 0.3) is 0 Å². The van der Waals surface area contributed by atoms with Crippen molar-refractivity contribution in [2.75, 3.05) is 6.54 Å². The van der Waals surface area contributed by atoms with Gasteiger partial charge in [0.1, 0.15) is 0 Å². The minimum atomic E-state index is 0.169. The molecule has 1 aromatic rings. The van der Waals surface area contributed by atoms with Crippen LogP contribution in [0, 0.1) is 0 Å². The van der Waals surface area contributed by atoms with E-state index in [4.69, 9.17) is 41.2 Å². The molecule has 1 aromatic carbocycles. The average Bonchev–Trinajstić information content (AvgIpc) is 2.44. The molecule has 1 unspecified atom stereocenters.